The molecule has 0 aliphatic rings. The van der Waals surface area contributed by atoms with Crippen LogP contribution in [0.5, 0.6) is 0 Å². The molecule has 0 spiro atoms. The van der Waals surface area contributed by atoms with E-state index in [2.05, 4.69) is 11.6 Å². The van der Waals surface area contributed by atoms with Gasteiger partial charge in [0.2, 0.25) is 0 Å². The van der Waals surface area contributed by atoms with Crippen molar-refractivity contribution in [3.63, 3.8) is 0 Å². The van der Waals surface area contributed by atoms with Gasteiger partial charge in [0.25, 0.3) is 0 Å². The van der Waals surface area contributed by atoms with Crippen LogP contribution < -0.4 is 5.49 Å². The highest BCUT2D eigenvalue weighted by molar-refractivity contribution is 5.37. The lowest BCUT2D eigenvalue weighted by atomic mass is 10.4. The summed E-state index contributed by atoms with van der Waals surface area (Å²) in [5.74, 6) is 0. The van der Waals surface area contributed by atoms with Crippen molar-refractivity contribution in [1.29, 1.82) is 0 Å². The van der Waals surface area contributed by atoms with Gasteiger partial charge in [0.1, 0.15) is 5.49 Å². The average Bonchev–Trinajstić information content (AvgIpc) is 2.04. The molecule has 0 amide bonds. The second kappa shape index (κ2) is 3.19. The molecule has 1 aromatic rings. The van der Waals surface area contributed by atoms with Gasteiger partial charge in [0.15, 0.2) is 0 Å². The predicted octanol–water partition coefficient (Wildman–Crippen LogP) is 1.51. The molecule has 1 heterocycles. The van der Waals surface area contributed by atoms with Crippen LogP contribution in [-0.2, 0) is 0 Å². The van der Waals surface area contributed by atoms with E-state index in [0.29, 0.717) is 0 Å². The van der Waals surface area contributed by atoms with Gasteiger partial charge in [-0.15, -0.1) is 0 Å². The number of nitrogens with zero attached hydrogens (tertiary/aromatic N) is 2. The molecule has 0 aromatic carbocycles. The number of hydrogen-bond acceptors (Lipinski definition) is 1. The molecule has 0 radical (unpaired) electrons. The Morgan fingerprint density at radius 2 is 2.27 bits per heavy atom. The normalized spacial score (nSPS) is 11.6. The summed E-state index contributed by atoms with van der Waals surface area (Å²) in [6.45, 7) is 5.79. The SMILES string of the molecule is C=C(C)n1cccc/c1=N/C. The molecule has 58 valence electrons. The van der Waals surface area contributed by atoms with Gasteiger partial charge in [-0.1, -0.05) is 12.6 Å². The Morgan fingerprint density at radius 3 is 2.73 bits per heavy atom. The molecule has 0 fully saturated rings. The summed E-state index contributed by atoms with van der Waals surface area (Å²) in [7, 11) is 1.77. The number of hydrogen-bond donors (Lipinski definition) is 0. The Bertz CT molecular complexity index is 320. The molecule has 1 aromatic heterocycles. The molecule has 0 bridgehead atoms. The van der Waals surface area contributed by atoms with Crippen LogP contribution >= 0.6 is 0 Å². The molecule has 0 unspecified atom stereocenters. The molecule has 0 saturated heterocycles. The maximum atomic E-state index is 4.09. The zero-order valence-corrected chi connectivity index (χ0v) is 6.91. The van der Waals surface area contributed by atoms with Gasteiger partial charge in [-0.05, 0) is 19.1 Å². The lowest BCUT2D eigenvalue weighted by molar-refractivity contribution is 0.956. The summed E-state index contributed by atoms with van der Waals surface area (Å²) in [5.41, 5.74) is 1.91. The van der Waals surface area contributed by atoms with Gasteiger partial charge >= 0.3 is 0 Å². The summed E-state index contributed by atoms with van der Waals surface area (Å²) in [6.07, 6.45) is 1.95. The molecular formula is C9H12N2. The Morgan fingerprint density at radius 1 is 1.55 bits per heavy atom. The van der Waals surface area contributed by atoms with Gasteiger partial charge in [0.05, 0.1) is 0 Å². The zero-order chi connectivity index (χ0) is 8.27. The molecule has 0 saturated carbocycles. The smallest absolute Gasteiger partial charge is 0.131 e. The highest BCUT2D eigenvalue weighted by Gasteiger charge is 1.88. The van der Waals surface area contributed by atoms with Crippen LogP contribution in [0.3, 0.4) is 0 Å². The fraction of sp³-hybridized carbons (Fsp3) is 0.222. The lowest BCUT2D eigenvalue weighted by Crippen LogP contribution is -2.16. The van der Waals surface area contributed by atoms with Gasteiger partial charge in [0, 0.05) is 18.9 Å². The van der Waals surface area contributed by atoms with E-state index in [1.54, 1.807) is 7.05 Å². The minimum atomic E-state index is 0.931. The summed E-state index contributed by atoms with van der Waals surface area (Å²) >= 11 is 0. The first-order valence-corrected chi connectivity index (χ1v) is 3.52. The minimum absolute atomic E-state index is 0.931. The van der Waals surface area contributed by atoms with Crippen molar-refractivity contribution in [2.24, 2.45) is 4.99 Å². The molecular weight excluding hydrogens is 136 g/mol. The number of pyridine rings is 1. The first kappa shape index (κ1) is 7.79. The van der Waals surface area contributed by atoms with E-state index in [9.17, 15) is 0 Å². The second-order valence-corrected chi connectivity index (χ2v) is 2.39. The Balaban J connectivity index is 3.36. The van der Waals surface area contributed by atoms with Crippen molar-refractivity contribution in [2.75, 3.05) is 7.05 Å². The van der Waals surface area contributed by atoms with Crippen LogP contribution in [0.25, 0.3) is 5.70 Å². The Kier molecular flexibility index (Phi) is 2.26. The van der Waals surface area contributed by atoms with Crippen molar-refractivity contribution >= 4 is 5.70 Å². The first-order valence-electron chi connectivity index (χ1n) is 3.52. The molecule has 2 heteroatoms. The van der Waals surface area contributed by atoms with Crippen LogP contribution in [0, 0.1) is 0 Å². The quantitative estimate of drug-likeness (QED) is 0.574. The lowest BCUT2D eigenvalue weighted by Gasteiger charge is -2.03. The highest BCUT2D eigenvalue weighted by atomic mass is 15.0. The highest BCUT2D eigenvalue weighted by Crippen LogP contribution is 1.92. The van der Waals surface area contributed by atoms with Crippen molar-refractivity contribution in [2.45, 2.75) is 6.92 Å². The maximum Gasteiger partial charge on any atom is 0.131 e. The molecule has 0 aliphatic carbocycles. The van der Waals surface area contributed by atoms with Gasteiger partial charge in [-0.2, -0.15) is 0 Å². The van der Waals surface area contributed by atoms with Crippen molar-refractivity contribution < 1.29 is 0 Å². The largest absolute Gasteiger partial charge is 0.307 e. The topological polar surface area (TPSA) is 17.3 Å². The van der Waals surface area contributed by atoms with E-state index in [0.717, 1.165) is 11.2 Å². The van der Waals surface area contributed by atoms with Crippen LogP contribution in [0.15, 0.2) is 36.0 Å². The third-order valence-corrected chi connectivity index (χ3v) is 1.48. The van der Waals surface area contributed by atoms with Crippen molar-refractivity contribution in [3.8, 4) is 0 Å². The van der Waals surface area contributed by atoms with E-state index in [1.807, 2.05) is 35.9 Å². The van der Waals surface area contributed by atoms with E-state index in [-0.39, 0.29) is 0 Å². The van der Waals surface area contributed by atoms with Crippen molar-refractivity contribution in [3.05, 3.63) is 36.5 Å². The van der Waals surface area contributed by atoms with Crippen molar-refractivity contribution in [1.82, 2.24) is 4.57 Å². The minimum Gasteiger partial charge on any atom is -0.307 e. The van der Waals surface area contributed by atoms with Gasteiger partial charge in [-0.3, -0.25) is 4.99 Å². The van der Waals surface area contributed by atoms with Crippen LogP contribution in [0.4, 0.5) is 0 Å². The van der Waals surface area contributed by atoms with E-state index in [4.69, 9.17) is 0 Å². The van der Waals surface area contributed by atoms with E-state index >= 15 is 0 Å². The molecule has 1 rings (SSSR count). The molecule has 11 heavy (non-hydrogen) atoms. The molecule has 0 aliphatic heterocycles. The molecule has 2 nitrogen and oxygen atoms in total. The number of rotatable bonds is 1. The fourth-order valence-electron chi connectivity index (χ4n) is 0.939. The summed E-state index contributed by atoms with van der Waals surface area (Å²) < 4.78 is 1.94. The Hall–Kier alpha value is -1.31. The van der Waals surface area contributed by atoms with Crippen LogP contribution in [-0.4, -0.2) is 11.6 Å². The average molecular weight is 148 g/mol. The summed E-state index contributed by atoms with van der Waals surface area (Å²) in [6, 6.07) is 5.87. The summed E-state index contributed by atoms with van der Waals surface area (Å²) in [4.78, 5) is 4.09. The number of allylic oxidation sites excluding steroid dienone is 1. The van der Waals surface area contributed by atoms with Gasteiger partial charge < -0.3 is 4.57 Å². The molecule has 0 N–H and O–H groups in total. The fourth-order valence-corrected chi connectivity index (χ4v) is 0.939. The summed E-state index contributed by atoms with van der Waals surface area (Å²) in [5, 5.41) is 0. The van der Waals surface area contributed by atoms with E-state index < -0.39 is 0 Å². The zero-order valence-electron chi connectivity index (χ0n) is 6.91. The third-order valence-electron chi connectivity index (χ3n) is 1.48. The predicted molar refractivity (Wildman–Crippen MR) is 46.9 cm³/mol. The first-order chi connectivity index (χ1) is 5.25. The molecule has 0 atom stereocenters. The second-order valence-electron chi connectivity index (χ2n) is 2.39. The standard InChI is InChI=1S/C9H12N2/c1-8(2)11-7-5-4-6-9(11)10-3/h4-7H,1H2,2-3H3/b10-9-. The monoisotopic (exact) mass is 148 g/mol. The maximum absolute atomic E-state index is 4.09. The van der Waals surface area contributed by atoms with Crippen LogP contribution in [0.1, 0.15) is 6.92 Å². The Labute approximate surface area is 66.5 Å². The third kappa shape index (κ3) is 1.58. The van der Waals surface area contributed by atoms with Crippen LogP contribution in [0.2, 0.25) is 0 Å². The van der Waals surface area contributed by atoms with E-state index in [1.165, 1.54) is 0 Å². The number of aromatic nitrogens is 1. The van der Waals surface area contributed by atoms with Gasteiger partial charge in [-0.25, -0.2) is 0 Å².